The fraction of sp³-hybridized carbons (Fsp3) is 0.600. The lowest BCUT2D eigenvalue weighted by atomic mass is 9.93. The number of carbonyl (C=O) groups excluding carboxylic acids is 1. The van der Waals surface area contributed by atoms with E-state index in [1.165, 1.54) is 0 Å². The van der Waals surface area contributed by atoms with Gasteiger partial charge in [-0.25, -0.2) is 4.39 Å². The first kappa shape index (κ1) is 17.9. The molecule has 2 N–H and O–H groups in total. The second-order valence-electron chi connectivity index (χ2n) is 8.15. The molecule has 28 heavy (non-hydrogen) atoms. The average Bonchev–Trinajstić information content (AvgIpc) is 3.36. The monoisotopic (exact) mass is 388 g/mol. The van der Waals surface area contributed by atoms with Crippen LogP contribution in [0.3, 0.4) is 0 Å². The first-order valence-corrected chi connectivity index (χ1v) is 10.0. The molecule has 1 atom stereocenters. The highest BCUT2D eigenvalue weighted by molar-refractivity contribution is 5.95. The number of nitrogens with zero attached hydrogens (tertiary/aromatic N) is 2. The number of rotatable bonds is 5. The first-order valence-electron chi connectivity index (χ1n) is 10.0. The quantitative estimate of drug-likeness (QED) is 0.816. The van der Waals surface area contributed by atoms with E-state index in [2.05, 4.69) is 15.7 Å². The Kier molecular flexibility index (Phi) is 4.28. The lowest BCUT2D eigenvalue weighted by molar-refractivity contribution is 0.0662. The van der Waals surface area contributed by atoms with Crippen molar-refractivity contribution >= 4 is 5.91 Å². The van der Waals surface area contributed by atoms with Crippen molar-refractivity contribution in [3.63, 3.8) is 0 Å². The number of aryl methyl sites for hydroxylation is 2. The molecule has 1 amide bonds. The third-order valence-corrected chi connectivity index (χ3v) is 5.96. The van der Waals surface area contributed by atoms with Crippen LogP contribution in [0.25, 0.3) is 11.3 Å². The number of ether oxygens (including phenoxy) is 1. The molecular formula is C20H25FN4O3. The van der Waals surface area contributed by atoms with Gasteiger partial charge in [-0.2, -0.15) is 5.10 Å². The molecule has 2 aliphatic heterocycles. The van der Waals surface area contributed by atoms with Gasteiger partial charge in [0.25, 0.3) is 5.91 Å². The van der Waals surface area contributed by atoms with Gasteiger partial charge in [0, 0.05) is 50.0 Å². The molecule has 2 saturated heterocycles. The number of aromatic nitrogens is 2. The molecule has 0 spiro atoms. The molecule has 3 aliphatic rings. The number of nitrogens with one attached hydrogen (secondary N) is 2. The van der Waals surface area contributed by atoms with E-state index in [1.807, 2.05) is 13.1 Å². The molecule has 150 valence electrons. The minimum atomic E-state index is -1.23. The maximum atomic E-state index is 14.4. The molecule has 0 bridgehead atoms. The van der Waals surface area contributed by atoms with Gasteiger partial charge < -0.3 is 19.8 Å². The lowest BCUT2D eigenvalue weighted by Crippen LogP contribution is -2.58. The van der Waals surface area contributed by atoms with E-state index in [9.17, 15) is 9.18 Å². The highest BCUT2D eigenvalue weighted by atomic mass is 19.1. The average molecular weight is 388 g/mol. The van der Waals surface area contributed by atoms with Crippen LogP contribution in [0.4, 0.5) is 4.39 Å². The Balaban J connectivity index is 1.37. The van der Waals surface area contributed by atoms with E-state index in [0.29, 0.717) is 25.4 Å². The van der Waals surface area contributed by atoms with Gasteiger partial charge in [0.1, 0.15) is 5.76 Å². The largest absolute Gasteiger partial charge is 0.455 e. The zero-order valence-electron chi connectivity index (χ0n) is 16.0. The molecule has 4 heterocycles. The highest BCUT2D eigenvalue weighted by Gasteiger charge is 2.38. The van der Waals surface area contributed by atoms with Crippen LogP contribution in [-0.2, 0) is 24.1 Å². The summed E-state index contributed by atoms with van der Waals surface area (Å²) in [4.78, 5) is 12.6. The fourth-order valence-corrected chi connectivity index (χ4v) is 4.35. The maximum Gasteiger partial charge on any atom is 0.287 e. The zero-order valence-corrected chi connectivity index (χ0v) is 16.0. The SMILES string of the molecule is Cc1c(C(=O)NCC2CCCO2)oc2c1-c1nn(CC3(F)CNC3)cc1CC2. The topological polar surface area (TPSA) is 81.3 Å². The minimum absolute atomic E-state index is 0.0881. The molecule has 5 rings (SSSR count). The number of carbonyl (C=O) groups is 1. The van der Waals surface area contributed by atoms with Crippen molar-refractivity contribution < 1.29 is 18.3 Å². The van der Waals surface area contributed by atoms with Gasteiger partial charge in [-0.1, -0.05) is 0 Å². The third kappa shape index (κ3) is 3.04. The van der Waals surface area contributed by atoms with Crippen LogP contribution >= 0.6 is 0 Å². The van der Waals surface area contributed by atoms with E-state index in [0.717, 1.165) is 60.4 Å². The Labute approximate surface area is 162 Å². The van der Waals surface area contributed by atoms with Gasteiger partial charge in [-0.15, -0.1) is 0 Å². The van der Waals surface area contributed by atoms with Crippen molar-refractivity contribution in [2.45, 2.75) is 50.9 Å². The van der Waals surface area contributed by atoms with E-state index in [4.69, 9.17) is 9.15 Å². The van der Waals surface area contributed by atoms with Crippen molar-refractivity contribution in [2.75, 3.05) is 26.2 Å². The molecule has 7 nitrogen and oxygen atoms in total. The second kappa shape index (κ2) is 6.70. The Hall–Kier alpha value is -2.19. The minimum Gasteiger partial charge on any atom is -0.455 e. The van der Waals surface area contributed by atoms with Crippen molar-refractivity contribution in [1.82, 2.24) is 20.4 Å². The predicted molar refractivity (Wildman–Crippen MR) is 100 cm³/mol. The summed E-state index contributed by atoms with van der Waals surface area (Å²) in [5, 5.41) is 10.5. The van der Waals surface area contributed by atoms with Crippen molar-refractivity contribution in [1.29, 1.82) is 0 Å². The van der Waals surface area contributed by atoms with Gasteiger partial charge in [0.2, 0.25) is 0 Å². The van der Waals surface area contributed by atoms with Crippen LogP contribution in [0.1, 0.15) is 40.3 Å². The highest BCUT2D eigenvalue weighted by Crippen LogP contribution is 2.38. The number of furan rings is 1. The Morgan fingerprint density at radius 3 is 3.04 bits per heavy atom. The smallest absolute Gasteiger partial charge is 0.287 e. The molecule has 1 unspecified atom stereocenters. The summed E-state index contributed by atoms with van der Waals surface area (Å²) in [7, 11) is 0. The van der Waals surface area contributed by atoms with Crippen LogP contribution in [0.15, 0.2) is 10.6 Å². The summed E-state index contributed by atoms with van der Waals surface area (Å²) in [6, 6.07) is 0. The number of amides is 1. The lowest BCUT2D eigenvalue weighted by Gasteiger charge is -2.34. The molecule has 0 aromatic carbocycles. The molecule has 2 fully saturated rings. The van der Waals surface area contributed by atoms with E-state index in [1.54, 1.807) is 4.68 Å². The maximum absolute atomic E-state index is 14.4. The summed E-state index contributed by atoms with van der Waals surface area (Å²) in [6.07, 6.45) is 5.53. The zero-order chi connectivity index (χ0) is 19.3. The van der Waals surface area contributed by atoms with Gasteiger partial charge in [0.15, 0.2) is 11.4 Å². The number of hydrogen-bond donors (Lipinski definition) is 2. The fourth-order valence-electron chi connectivity index (χ4n) is 4.35. The summed E-state index contributed by atoms with van der Waals surface area (Å²) in [5.74, 6) is 0.917. The Bertz CT molecular complexity index is 909. The number of fused-ring (bicyclic) bond motifs is 3. The number of halogens is 1. The van der Waals surface area contributed by atoms with Gasteiger partial charge in [-0.05, 0) is 31.7 Å². The summed E-state index contributed by atoms with van der Waals surface area (Å²) < 4.78 is 27.6. The van der Waals surface area contributed by atoms with Crippen LogP contribution in [0.5, 0.6) is 0 Å². The van der Waals surface area contributed by atoms with E-state index >= 15 is 0 Å². The standard InChI is InChI=1S/C20H25FN4O3/c1-12-16-15(28-18(12)19(26)23-7-14-3-2-6-27-14)5-4-13-8-25(24-17(13)16)11-20(21)9-22-10-20/h8,14,22H,2-7,9-11H2,1H3,(H,23,26). The molecule has 0 saturated carbocycles. The molecule has 1 aliphatic carbocycles. The van der Waals surface area contributed by atoms with E-state index < -0.39 is 5.67 Å². The van der Waals surface area contributed by atoms with Crippen LogP contribution in [-0.4, -0.2) is 53.7 Å². The third-order valence-electron chi connectivity index (χ3n) is 5.96. The summed E-state index contributed by atoms with van der Waals surface area (Å²) in [6.45, 7) is 4.12. The number of hydrogen-bond acceptors (Lipinski definition) is 5. The van der Waals surface area contributed by atoms with Crippen molar-refractivity contribution in [3.05, 3.63) is 28.8 Å². The molecule has 2 aromatic rings. The van der Waals surface area contributed by atoms with Crippen molar-refractivity contribution in [2.24, 2.45) is 0 Å². The summed E-state index contributed by atoms with van der Waals surface area (Å²) >= 11 is 0. The normalized spacial score (nSPS) is 22.4. The first-order chi connectivity index (χ1) is 13.5. The molecule has 2 aromatic heterocycles. The van der Waals surface area contributed by atoms with Gasteiger partial charge >= 0.3 is 0 Å². The van der Waals surface area contributed by atoms with Gasteiger partial charge in [0.05, 0.1) is 18.3 Å². The van der Waals surface area contributed by atoms with Gasteiger partial charge in [-0.3, -0.25) is 9.48 Å². The Morgan fingerprint density at radius 2 is 2.32 bits per heavy atom. The molecular weight excluding hydrogens is 363 g/mol. The second-order valence-corrected chi connectivity index (χ2v) is 8.15. The Morgan fingerprint density at radius 1 is 1.46 bits per heavy atom. The molecule has 0 radical (unpaired) electrons. The van der Waals surface area contributed by atoms with Crippen LogP contribution in [0, 0.1) is 6.92 Å². The summed E-state index contributed by atoms with van der Waals surface area (Å²) in [5.41, 5.74) is 2.36. The van der Waals surface area contributed by atoms with Crippen LogP contribution < -0.4 is 10.6 Å². The molecule has 8 heteroatoms. The predicted octanol–water partition coefficient (Wildman–Crippen LogP) is 1.77. The van der Waals surface area contributed by atoms with E-state index in [-0.39, 0.29) is 18.6 Å². The number of alkyl halides is 1. The van der Waals surface area contributed by atoms with Crippen LogP contribution in [0.2, 0.25) is 0 Å². The van der Waals surface area contributed by atoms with Crippen molar-refractivity contribution in [3.8, 4) is 11.3 Å².